The van der Waals surface area contributed by atoms with E-state index >= 15 is 0 Å². The molecular formula is C20H16F2N2O3. The smallest absolute Gasteiger partial charge is 0.212 e. The van der Waals surface area contributed by atoms with Gasteiger partial charge >= 0.3 is 0 Å². The fourth-order valence-electron chi connectivity index (χ4n) is 3.34. The summed E-state index contributed by atoms with van der Waals surface area (Å²) in [7, 11) is 0. The van der Waals surface area contributed by atoms with Crippen LogP contribution in [0.5, 0.6) is 0 Å². The van der Waals surface area contributed by atoms with Crippen molar-refractivity contribution in [2.45, 2.75) is 0 Å². The number of fused-ring (bicyclic) bond motifs is 1. The fourth-order valence-corrected chi connectivity index (χ4v) is 3.34. The highest BCUT2D eigenvalue weighted by molar-refractivity contribution is 6.27. The number of ether oxygens (including phenoxy) is 1. The van der Waals surface area contributed by atoms with E-state index in [1.807, 2.05) is 0 Å². The van der Waals surface area contributed by atoms with Crippen molar-refractivity contribution >= 4 is 17.3 Å². The highest BCUT2D eigenvalue weighted by atomic mass is 19.1. The molecular weight excluding hydrogens is 354 g/mol. The Morgan fingerprint density at radius 1 is 0.889 bits per heavy atom. The number of benzene rings is 2. The van der Waals surface area contributed by atoms with Gasteiger partial charge in [0.05, 0.1) is 13.2 Å². The van der Waals surface area contributed by atoms with E-state index in [9.17, 15) is 18.4 Å². The predicted octanol–water partition coefficient (Wildman–Crippen LogP) is 3.00. The minimum absolute atomic E-state index is 0.0191. The maximum atomic E-state index is 13.6. The lowest BCUT2D eigenvalue weighted by Crippen LogP contribution is -2.42. The van der Waals surface area contributed by atoms with E-state index in [0.717, 1.165) is 18.2 Å². The number of carbonyl (C=O) groups is 2. The third kappa shape index (κ3) is 3.21. The number of ketones is 2. The van der Waals surface area contributed by atoms with Crippen LogP contribution in [-0.4, -0.2) is 42.8 Å². The molecule has 0 spiro atoms. The quantitative estimate of drug-likeness (QED) is 0.900. The molecule has 1 aliphatic heterocycles. The van der Waals surface area contributed by atoms with Crippen LogP contribution in [-0.2, 0) is 4.74 Å². The van der Waals surface area contributed by atoms with Crippen molar-refractivity contribution in [1.82, 2.24) is 4.90 Å². The largest absolute Gasteiger partial charge is 0.378 e. The zero-order valence-electron chi connectivity index (χ0n) is 14.3. The van der Waals surface area contributed by atoms with Crippen molar-refractivity contribution in [2.75, 3.05) is 31.6 Å². The highest BCUT2D eigenvalue weighted by Gasteiger charge is 2.35. The molecule has 0 bridgehead atoms. The lowest BCUT2D eigenvalue weighted by atomic mass is 9.89. The monoisotopic (exact) mass is 370 g/mol. The van der Waals surface area contributed by atoms with Gasteiger partial charge in [0.2, 0.25) is 11.6 Å². The van der Waals surface area contributed by atoms with E-state index in [2.05, 4.69) is 5.32 Å². The molecule has 2 aromatic carbocycles. The summed E-state index contributed by atoms with van der Waals surface area (Å²) in [6.45, 7) is 1.74. The van der Waals surface area contributed by atoms with Gasteiger partial charge in [0, 0.05) is 36.0 Å². The standard InChI is InChI=1S/C20H16F2N2O3/c21-12-9-13(22)11-14(10-12)23-17-18(24-5-7-27-8-6-24)20(26)16-4-2-1-3-15(16)19(17)25/h1-4,9-11,23H,5-8H2. The third-order valence-electron chi connectivity index (χ3n) is 4.55. The first kappa shape index (κ1) is 17.4. The molecule has 0 radical (unpaired) electrons. The van der Waals surface area contributed by atoms with E-state index in [1.54, 1.807) is 29.2 Å². The molecule has 2 aliphatic rings. The Hall–Kier alpha value is -3.06. The summed E-state index contributed by atoms with van der Waals surface area (Å²) in [6, 6.07) is 9.43. The summed E-state index contributed by atoms with van der Waals surface area (Å²) < 4.78 is 32.5. The Balaban J connectivity index is 1.83. The number of hydrogen-bond donors (Lipinski definition) is 1. The number of hydrogen-bond acceptors (Lipinski definition) is 5. The maximum Gasteiger partial charge on any atom is 0.212 e. The lowest BCUT2D eigenvalue weighted by molar-refractivity contribution is 0.0496. The van der Waals surface area contributed by atoms with Crippen LogP contribution in [0.4, 0.5) is 14.5 Å². The van der Waals surface area contributed by atoms with Gasteiger partial charge in [-0.2, -0.15) is 0 Å². The first-order chi connectivity index (χ1) is 13.0. The molecule has 0 atom stereocenters. The summed E-state index contributed by atoms with van der Waals surface area (Å²) in [4.78, 5) is 28.0. The first-order valence-electron chi connectivity index (χ1n) is 8.53. The summed E-state index contributed by atoms with van der Waals surface area (Å²) in [5.41, 5.74) is 0.866. The molecule has 1 N–H and O–H groups in total. The number of rotatable bonds is 3. The average Bonchev–Trinajstić information content (AvgIpc) is 2.66. The van der Waals surface area contributed by atoms with Gasteiger partial charge in [-0.3, -0.25) is 9.59 Å². The molecule has 1 aliphatic carbocycles. The molecule has 27 heavy (non-hydrogen) atoms. The number of carbonyl (C=O) groups excluding carboxylic acids is 2. The molecule has 4 rings (SSSR count). The molecule has 1 heterocycles. The topological polar surface area (TPSA) is 58.6 Å². The molecule has 0 saturated carbocycles. The van der Waals surface area contributed by atoms with Gasteiger partial charge < -0.3 is 15.0 Å². The van der Waals surface area contributed by atoms with Crippen LogP contribution < -0.4 is 5.32 Å². The molecule has 138 valence electrons. The van der Waals surface area contributed by atoms with Gasteiger partial charge in [0.1, 0.15) is 23.0 Å². The van der Waals surface area contributed by atoms with Crippen molar-refractivity contribution in [3.05, 3.63) is 76.6 Å². The molecule has 0 amide bonds. The second-order valence-electron chi connectivity index (χ2n) is 6.31. The lowest BCUT2D eigenvalue weighted by Gasteiger charge is -2.34. The van der Waals surface area contributed by atoms with Gasteiger partial charge in [0.15, 0.2) is 0 Å². The Labute approximate surface area is 154 Å². The van der Waals surface area contributed by atoms with Crippen LogP contribution in [0.1, 0.15) is 20.7 Å². The second-order valence-corrected chi connectivity index (χ2v) is 6.31. The third-order valence-corrected chi connectivity index (χ3v) is 4.55. The summed E-state index contributed by atoms with van der Waals surface area (Å²) in [6.07, 6.45) is 0. The second kappa shape index (κ2) is 6.92. The van der Waals surface area contributed by atoms with Gasteiger partial charge in [-0.1, -0.05) is 24.3 Å². The summed E-state index contributed by atoms with van der Waals surface area (Å²) >= 11 is 0. The first-order valence-corrected chi connectivity index (χ1v) is 8.53. The van der Waals surface area contributed by atoms with E-state index in [-0.39, 0.29) is 28.4 Å². The molecule has 1 saturated heterocycles. The van der Waals surface area contributed by atoms with Crippen molar-refractivity contribution < 1.29 is 23.1 Å². The van der Waals surface area contributed by atoms with Crippen molar-refractivity contribution in [3.63, 3.8) is 0 Å². The van der Waals surface area contributed by atoms with Gasteiger partial charge in [-0.25, -0.2) is 8.78 Å². The van der Waals surface area contributed by atoms with Crippen LogP contribution in [0.3, 0.4) is 0 Å². The number of Topliss-reactive ketones (excluding diaryl/α,β-unsaturated/α-hetero) is 2. The van der Waals surface area contributed by atoms with Crippen LogP contribution in [0, 0.1) is 11.6 Å². The normalized spacial score (nSPS) is 17.2. The molecule has 7 heteroatoms. The fraction of sp³-hybridized carbons (Fsp3) is 0.200. The van der Waals surface area contributed by atoms with Gasteiger partial charge in [0.25, 0.3) is 0 Å². The van der Waals surface area contributed by atoms with Crippen LogP contribution >= 0.6 is 0 Å². The minimum atomic E-state index is -0.777. The number of allylic oxidation sites excluding steroid dienone is 2. The van der Waals surface area contributed by atoms with Crippen molar-refractivity contribution in [1.29, 1.82) is 0 Å². The van der Waals surface area contributed by atoms with Crippen molar-refractivity contribution in [3.8, 4) is 0 Å². The van der Waals surface area contributed by atoms with Crippen molar-refractivity contribution in [2.24, 2.45) is 0 Å². The zero-order chi connectivity index (χ0) is 19.0. The van der Waals surface area contributed by atoms with Gasteiger partial charge in [-0.15, -0.1) is 0 Å². The summed E-state index contributed by atoms with van der Waals surface area (Å²) in [5.74, 6) is -2.25. The van der Waals surface area contributed by atoms with Crippen LogP contribution in [0.2, 0.25) is 0 Å². The predicted molar refractivity (Wildman–Crippen MR) is 94.5 cm³/mol. The van der Waals surface area contributed by atoms with E-state index < -0.39 is 17.4 Å². The SMILES string of the molecule is O=C1C(Nc2cc(F)cc(F)c2)=C(N2CCOCC2)C(=O)c2ccccc21. The Morgan fingerprint density at radius 2 is 1.48 bits per heavy atom. The molecule has 0 unspecified atom stereocenters. The Morgan fingerprint density at radius 3 is 2.11 bits per heavy atom. The highest BCUT2D eigenvalue weighted by Crippen LogP contribution is 2.30. The number of morpholine rings is 1. The Kier molecular flexibility index (Phi) is 4.45. The average molecular weight is 370 g/mol. The maximum absolute atomic E-state index is 13.6. The number of nitrogens with one attached hydrogen (secondary N) is 1. The van der Waals surface area contributed by atoms with Crippen LogP contribution in [0.25, 0.3) is 0 Å². The number of anilines is 1. The Bertz CT molecular complexity index is 945. The number of nitrogens with zero attached hydrogens (tertiary/aromatic N) is 1. The molecule has 1 fully saturated rings. The minimum Gasteiger partial charge on any atom is -0.378 e. The van der Waals surface area contributed by atoms with Crippen LogP contribution in [0.15, 0.2) is 53.9 Å². The van der Waals surface area contributed by atoms with Gasteiger partial charge in [-0.05, 0) is 12.1 Å². The van der Waals surface area contributed by atoms with E-state index in [1.165, 1.54) is 0 Å². The molecule has 5 nitrogen and oxygen atoms in total. The number of halogens is 2. The summed E-state index contributed by atoms with van der Waals surface area (Å²) in [5, 5.41) is 2.78. The van der Waals surface area contributed by atoms with E-state index in [4.69, 9.17) is 4.74 Å². The molecule has 2 aromatic rings. The zero-order valence-corrected chi connectivity index (χ0v) is 14.3. The molecule has 0 aromatic heterocycles. The van der Waals surface area contributed by atoms with E-state index in [0.29, 0.717) is 31.9 Å².